The number of carbonyl (C=O) groups is 2. The van der Waals surface area contributed by atoms with E-state index in [0.29, 0.717) is 17.7 Å². The molecule has 1 atom stereocenters. The average Bonchev–Trinajstić information content (AvgIpc) is 2.57. The molecule has 0 saturated heterocycles. The maximum atomic E-state index is 11.9. The van der Waals surface area contributed by atoms with Crippen LogP contribution in [0, 0.1) is 13.8 Å². The van der Waals surface area contributed by atoms with Gasteiger partial charge < -0.3 is 13.9 Å². The Kier molecular flexibility index (Phi) is 4.34. The third-order valence-electron chi connectivity index (χ3n) is 2.53. The van der Waals surface area contributed by atoms with E-state index >= 15 is 0 Å². The van der Waals surface area contributed by atoms with Crippen molar-refractivity contribution < 1.29 is 18.7 Å². The molecule has 0 radical (unpaired) electrons. The molecule has 1 aromatic rings. The molecule has 106 valence electrons. The number of aldehydes is 1. The Morgan fingerprint density at radius 3 is 2.37 bits per heavy atom. The number of hydrogen-bond acceptors (Lipinski definition) is 5. The van der Waals surface area contributed by atoms with E-state index in [-0.39, 0.29) is 5.89 Å². The Labute approximate surface area is 112 Å². The van der Waals surface area contributed by atoms with Crippen molar-refractivity contribution in [1.29, 1.82) is 0 Å². The van der Waals surface area contributed by atoms with Crippen LogP contribution in [-0.4, -0.2) is 34.9 Å². The lowest BCUT2D eigenvalue weighted by Gasteiger charge is -2.26. The SMILES string of the molecule is Cc1nc(C(C=O)N(C)C(=O)OC(C)(C)C)oc1C. The summed E-state index contributed by atoms with van der Waals surface area (Å²) in [5.41, 5.74) is 0.0701. The number of rotatable bonds is 3. The first-order chi connectivity index (χ1) is 8.65. The number of amides is 1. The number of ether oxygens (including phenoxy) is 1. The van der Waals surface area contributed by atoms with Gasteiger partial charge in [0.1, 0.15) is 11.4 Å². The number of hydrogen-bond donors (Lipinski definition) is 0. The molecule has 1 rings (SSSR count). The predicted octanol–water partition coefficient (Wildman–Crippen LogP) is 2.40. The minimum atomic E-state index is -0.887. The van der Waals surface area contributed by atoms with Gasteiger partial charge in [-0.2, -0.15) is 0 Å². The summed E-state index contributed by atoms with van der Waals surface area (Å²) in [6.07, 6.45) is 0.00681. The van der Waals surface area contributed by atoms with Gasteiger partial charge in [-0.05, 0) is 34.6 Å². The highest BCUT2D eigenvalue weighted by atomic mass is 16.6. The van der Waals surface area contributed by atoms with Crippen molar-refractivity contribution in [3.8, 4) is 0 Å². The lowest BCUT2D eigenvalue weighted by atomic mass is 10.2. The molecule has 19 heavy (non-hydrogen) atoms. The van der Waals surface area contributed by atoms with Crippen LogP contribution < -0.4 is 0 Å². The molecular weight excluding hydrogens is 248 g/mol. The maximum Gasteiger partial charge on any atom is 0.411 e. The van der Waals surface area contributed by atoms with E-state index in [2.05, 4.69) is 4.98 Å². The van der Waals surface area contributed by atoms with Gasteiger partial charge in [0.25, 0.3) is 0 Å². The van der Waals surface area contributed by atoms with Crippen LogP contribution in [0.4, 0.5) is 4.79 Å². The molecule has 1 aromatic heterocycles. The van der Waals surface area contributed by atoms with Crippen molar-refractivity contribution >= 4 is 12.4 Å². The number of carbonyl (C=O) groups excluding carboxylic acids is 2. The van der Waals surface area contributed by atoms with Gasteiger partial charge in [0.15, 0.2) is 12.3 Å². The highest BCUT2D eigenvalue weighted by Crippen LogP contribution is 2.21. The van der Waals surface area contributed by atoms with Crippen LogP contribution in [0.5, 0.6) is 0 Å². The van der Waals surface area contributed by atoms with Crippen molar-refractivity contribution in [1.82, 2.24) is 9.88 Å². The minimum absolute atomic E-state index is 0.193. The molecule has 1 heterocycles. The maximum absolute atomic E-state index is 11.9. The highest BCUT2D eigenvalue weighted by Gasteiger charge is 2.29. The number of aryl methyl sites for hydroxylation is 2. The molecule has 0 fully saturated rings. The fraction of sp³-hybridized carbons (Fsp3) is 0.615. The van der Waals surface area contributed by atoms with Crippen molar-refractivity contribution in [3.63, 3.8) is 0 Å². The fourth-order valence-electron chi connectivity index (χ4n) is 1.39. The van der Waals surface area contributed by atoms with Crippen LogP contribution in [0.25, 0.3) is 0 Å². The Morgan fingerprint density at radius 2 is 2.00 bits per heavy atom. The third kappa shape index (κ3) is 3.81. The summed E-state index contributed by atoms with van der Waals surface area (Å²) in [6.45, 7) is 8.80. The molecular formula is C13H20N2O4. The quantitative estimate of drug-likeness (QED) is 0.787. The largest absolute Gasteiger partial charge is 0.444 e. The molecule has 0 aliphatic heterocycles. The van der Waals surface area contributed by atoms with Crippen LogP contribution in [0.1, 0.15) is 44.2 Å². The number of likely N-dealkylation sites (N-methyl/N-ethyl adjacent to an activating group) is 1. The molecule has 0 bridgehead atoms. The Balaban J connectivity index is 2.91. The second-order valence-corrected chi connectivity index (χ2v) is 5.37. The molecule has 1 unspecified atom stereocenters. The summed E-state index contributed by atoms with van der Waals surface area (Å²) in [4.78, 5) is 28.4. The first-order valence-electron chi connectivity index (χ1n) is 6.00. The van der Waals surface area contributed by atoms with Gasteiger partial charge in [-0.3, -0.25) is 4.90 Å². The van der Waals surface area contributed by atoms with E-state index in [1.807, 2.05) is 0 Å². The van der Waals surface area contributed by atoms with E-state index in [0.717, 1.165) is 0 Å². The minimum Gasteiger partial charge on any atom is -0.444 e. The molecule has 1 amide bonds. The lowest BCUT2D eigenvalue weighted by Crippen LogP contribution is -2.37. The Hall–Kier alpha value is -1.85. The fourth-order valence-corrected chi connectivity index (χ4v) is 1.39. The second-order valence-electron chi connectivity index (χ2n) is 5.37. The van der Waals surface area contributed by atoms with Crippen molar-refractivity contribution in [3.05, 3.63) is 17.3 Å². The normalized spacial score (nSPS) is 12.9. The molecule has 0 spiro atoms. The lowest BCUT2D eigenvalue weighted by molar-refractivity contribution is -0.112. The molecule has 0 aliphatic rings. The zero-order chi connectivity index (χ0) is 14.8. The van der Waals surface area contributed by atoms with E-state index in [1.165, 1.54) is 11.9 Å². The van der Waals surface area contributed by atoms with Crippen LogP contribution in [0.15, 0.2) is 4.42 Å². The summed E-state index contributed by atoms with van der Waals surface area (Å²) >= 11 is 0. The summed E-state index contributed by atoms with van der Waals surface area (Å²) in [7, 11) is 1.47. The van der Waals surface area contributed by atoms with Gasteiger partial charge in [-0.25, -0.2) is 9.78 Å². The number of nitrogens with zero attached hydrogens (tertiary/aromatic N) is 2. The molecule has 0 N–H and O–H groups in total. The number of aromatic nitrogens is 1. The van der Waals surface area contributed by atoms with E-state index < -0.39 is 17.7 Å². The highest BCUT2D eigenvalue weighted by molar-refractivity contribution is 5.73. The summed E-state index contributed by atoms with van der Waals surface area (Å²) in [5, 5.41) is 0. The van der Waals surface area contributed by atoms with Crippen LogP contribution >= 0.6 is 0 Å². The standard InChI is InChI=1S/C13H20N2O4/c1-8-9(2)18-11(14-8)10(7-16)15(6)12(17)19-13(3,4)5/h7,10H,1-6H3. The van der Waals surface area contributed by atoms with Crippen molar-refractivity contribution in [2.45, 2.75) is 46.3 Å². The molecule has 6 nitrogen and oxygen atoms in total. The number of oxazole rings is 1. The van der Waals surface area contributed by atoms with Crippen LogP contribution in [0.2, 0.25) is 0 Å². The molecule has 0 aliphatic carbocycles. The Bertz CT molecular complexity index is 454. The van der Waals surface area contributed by atoms with Crippen LogP contribution in [-0.2, 0) is 9.53 Å². The van der Waals surface area contributed by atoms with Crippen molar-refractivity contribution in [2.75, 3.05) is 7.05 Å². The first kappa shape index (κ1) is 15.2. The first-order valence-corrected chi connectivity index (χ1v) is 6.00. The van der Waals surface area contributed by atoms with E-state index in [1.54, 1.807) is 34.6 Å². The zero-order valence-corrected chi connectivity index (χ0v) is 12.2. The van der Waals surface area contributed by atoms with E-state index in [4.69, 9.17) is 9.15 Å². The monoisotopic (exact) mass is 268 g/mol. The van der Waals surface area contributed by atoms with Gasteiger partial charge in [0, 0.05) is 7.05 Å². The topological polar surface area (TPSA) is 72.6 Å². The Morgan fingerprint density at radius 1 is 1.42 bits per heavy atom. The summed E-state index contributed by atoms with van der Waals surface area (Å²) in [5.74, 6) is 0.817. The molecule has 0 saturated carbocycles. The van der Waals surface area contributed by atoms with E-state index in [9.17, 15) is 9.59 Å². The summed E-state index contributed by atoms with van der Waals surface area (Å²) < 4.78 is 10.6. The van der Waals surface area contributed by atoms with Crippen molar-refractivity contribution in [2.24, 2.45) is 0 Å². The van der Waals surface area contributed by atoms with Gasteiger partial charge in [-0.15, -0.1) is 0 Å². The second kappa shape index (κ2) is 5.42. The smallest absolute Gasteiger partial charge is 0.411 e. The van der Waals surface area contributed by atoms with Crippen LogP contribution in [0.3, 0.4) is 0 Å². The van der Waals surface area contributed by atoms with Gasteiger partial charge in [0.2, 0.25) is 5.89 Å². The average molecular weight is 268 g/mol. The predicted molar refractivity (Wildman–Crippen MR) is 68.8 cm³/mol. The summed E-state index contributed by atoms with van der Waals surface area (Å²) in [6, 6.07) is -0.887. The molecule has 6 heteroatoms. The van der Waals surface area contributed by atoms with Gasteiger partial charge >= 0.3 is 6.09 Å². The third-order valence-corrected chi connectivity index (χ3v) is 2.53. The zero-order valence-electron chi connectivity index (χ0n) is 12.2. The van der Waals surface area contributed by atoms with Gasteiger partial charge in [0.05, 0.1) is 5.69 Å². The van der Waals surface area contributed by atoms with Gasteiger partial charge in [-0.1, -0.05) is 0 Å². The molecule has 0 aromatic carbocycles.